The third-order valence-electron chi connectivity index (χ3n) is 4.30. The van der Waals surface area contributed by atoms with Crippen molar-refractivity contribution in [2.24, 2.45) is 0 Å². The number of hydrogen-bond acceptors (Lipinski definition) is 2. The second-order valence-corrected chi connectivity index (χ2v) is 8.08. The molecule has 5 nitrogen and oxygen atoms in total. The first-order chi connectivity index (χ1) is 11.8. The SMILES string of the molecule is CCc1ccc(NC(=S)N2CC[NH+](CC(=O)NC(C)(C)C)CC2)cc1. The van der Waals surface area contributed by atoms with Crippen molar-refractivity contribution in [3.05, 3.63) is 29.8 Å². The number of anilines is 1. The number of rotatable bonds is 4. The number of piperazine rings is 1. The Morgan fingerprint density at radius 2 is 1.80 bits per heavy atom. The molecule has 1 heterocycles. The van der Waals surface area contributed by atoms with Gasteiger partial charge in [0.2, 0.25) is 0 Å². The zero-order valence-corrected chi connectivity index (χ0v) is 16.6. The Bertz CT molecular complexity index is 586. The Kier molecular flexibility index (Phi) is 6.79. The highest BCUT2D eigenvalue weighted by Crippen LogP contribution is 2.11. The summed E-state index contributed by atoms with van der Waals surface area (Å²) in [6.07, 6.45) is 1.04. The molecule has 0 atom stereocenters. The molecule has 1 amide bonds. The van der Waals surface area contributed by atoms with Crippen LogP contribution in [-0.4, -0.2) is 54.2 Å². The molecule has 1 aliphatic rings. The van der Waals surface area contributed by atoms with E-state index in [-0.39, 0.29) is 11.4 Å². The molecule has 3 N–H and O–H groups in total. The van der Waals surface area contributed by atoms with Crippen LogP contribution in [0.3, 0.4) is 0 Å². The molecule has 0 radical (unpaired) electrons. The predicted molar refractivity (Wildman–Crippen MR) is 107 cm³/mol. The summed E-state index contributed by atoms with van der Waals surface area (Å²) in [7, 11) is 0. The van der Waals surface area contributed by atoms with E-state index < -0.39 is 0 Å². The van der Waals surface area contributed by atoms with Gasteiger partial charge in [-0.3, -0.25) is 4.79 Å². The number of amides is 1. The normalized spacial score (nSPS) is 15.8. The van der Waals surface area contributed by atoms with Gasteiger partial charge in [0, 0.05) is 11.2 Å². The highest BCUT2D eigenvalue weighted by molar-refractivity contribution is 7.80. The number of carbonyl (C=O) groups is 1. The van der Waals surface area contributed by atoms with Gasteiger partial charge in [-0.2, -0.15) is 0 Å². The minimum absolute atomic E-state index is 0.118. The highest BCUT2D eigenvalue weighted by atomic mass is 32.1. The molecule has 0 aromatic heterocycles. The summed E-state index contributed by atoms with van der Waals surface area (Å²) >= 11 is 5.54. The second-order valence-electron chi connectivity index (χ2n) is 7.69. The van der Waals surface area contributed by atoms with Crippen molar-refractivity contribution < 1.29 is 9.69 Å². The molecule has 0 spiro atoms. The fourth-order valence-corrected chi connectivity index (χ4v) is 3.22. The molecule has 0 bridgehead atoms. The van der Waals surface area contributed by atoms with E-state index in [1.807, 2.05) is 20.8 Å². The molecule has 1 saturated heterocycles. The standard InChI is InChI=1S/C19H30N4OS/c1-5-15-6-8-16(9-7-15)20-18(25)23-12-10-22(11-13-23)14-17(24)21-19(2,3)4/h6-9H,5,10-14H2,1-4H3,(H,20,25)(H,21,24)/p+1. The van der Waals surface area contributed by atoms with Gasteiger partial charge in [-0.1, -0.05) is 19.1 Å². The van der Waals surface area contributed by atoms with E-state index in [9.17, 15) is 4.79 Å². The van der Waals surface area contributed by atoms with Crippen LogP contribution in [0.2, 0.25) is 0 Å². The van der Waals surface area contributed by atoms with Crippen molar-refractivity contribution in [1.82, 2.24) is 10.2 Å². The summed E-state index contributed by atoms with van der Waals surface area (Å²) in [5, 5.41) is 7.12. The molecule has 2 rings (SSSR count). The topological polar surface area (TPSA) is 48.8 Å². The largest absolute Gasteiger partial charge is 0.347 e. The Morgan fingerprint density at radius 3 is 2.32 bits per heavy atom. The minimum atomic E-state index is -0.169. The molecule has 25 heavy (non-hydrogen) atoms. The highest BCUT2D eigenvalue weighted by Gasteiger charge is 2.25. The Hall–Kier alpha value is -1.66. The van der Waals surface area contributed by atoms with Crippen LogP contribution < -0.4 is 15.5 Å². The second kappa shape index (κ2) is 8.63. The van der Waals surface area contributed by atoms with Gasteiger partial charge < -0.3 is 20.4 Å². The molecular formula is C19H31N4OS+. The lowest BCUT2D eigenvalue weighted by Gasteiger charge is -2.34. The van der Waals surface area contributed by atoms with Crippen LogP contribution in [0.5, 0.6) is 0 Å². The molecular weight excluding hydrogens is 332 g/mol. The zero-order valence-electron chi connectivity index (χ0n) is 15.8. The number of nitrogens with zero attached hydrogens (tertiary/aromatic N) is 1. The number of carbonyl (C=O) groups excluding carboxylic acids is 1. The van der Waals surface area contributed by atoms with Crippen LogP contribution in [0.15, 0.2) is 24.3 Å². The average molecular weight is 364 g/mol. The van der Waals surface area contributed by atoms with Crippen molar-refractivity contribution in [1.29, 1.82) is 0 Å². The number of quaternary nitrogens is 1. The summed E-state index contributed by atoms with van der Waals surface area (Å²) in [5.74, 6) is 0.118. The minimum Gasteiger partial charge on any atom is -0.347 e. The molecule has 6 heteroatoms. The van der Waals surface area contributed by atoms with E-state index in [1.165, 1.54) is 10.5 Å². The molecule has 1 fully saturated rings. The predicted octanol–water partition coefficient (Wildman–Crippen LogP) is 1.06. The fourth-order valence-electron chi connectivity index (χ4n) is 2.92. The van der Waals surface area contributed by atoms with Crippen LogP contribution in [0, 0.1) is 0 Å². The van der Waals surface area contributed by atoms with Crippen molar-refractivity contribution in [3.8, 4) is 0 Å². The van der Waals surface area contributed by atoms with Gasteiger partial charge in [0.15, 0.2) is 11.7 Å². The molecule has 1 aliphatic heterocycles. The summed E-state index contributed by atoms with van der Waals surface area (Å²) in [6, 6.07) is 8.40. The van der Waals surface area contributed by atoms with Gasteiger partial charge in [-0.05, 0) is 57.1 Å². The van der Waals surface area contributed by atoms with Crippen molar-refractivity contribution >= 4 is 28.9 Å². The lowest BCUT2D eigenvalue weighted by molar-refractivity contribution is -0.895. The molecule has 1 aromatic rings. The molecule has 1 aromatic carbocycles. The van der Waals surface area contributed by atoms with Crippen LogP contribution in [0.25, 0.3) is 0 Å². The first-order valence-electron chi connectivity index (χ1n) is 9.06. The number of hydrogen-bond donors (Lipinski definition) is 3. The van der Waals surface area contributed by atoms with Gasteiger partial charge in [0.05, 0.1) is 26.2 Å². The summed E-state index contributed by atoms with van der Waals surface area (Å²) in [4.78, 5) is 15.6. The van der Waals surface area contributed by atoms with Gasteiger partial charge in [-0.15, -0.1) is 0 Å². The van der Waals surface area contributed by atoms with E-state index in [2.05, 4.69) is 46.7 Å². The Labute approximate surface area is 156 Å². The Balaban J connectivity index is 1.77. The molecule has 0 saturated carbocycles. The first-order valence-corrected chi connectivity index (χ1v) is 9.47. The van der Waals surface area contributed by atoms with Crippen molar-refractivity contribution in [2.75, 3.05) is 38.0 Å². The number of nitrogens with one attached hydrogen (secondary N) is 3. The maximum Gasteiger partial charge on any atom is 0.275 e. The fraction of sp³-hybridized carbons (Fsp3) is 0.579. The average Bonchev–Trinajstić information content (AvgIpc) is 2.54. The third-order valence-corrected chi connectivity index (χ3v) is 4.66. The van der Waals surface area contributed by atoms with E-state index in [1.54, 1.807) is 0 Å². The lowest BCUT2D eigenvalue weighted by atomic mass is 10.1. The Morgan fingerprint density at radius 1 is 1.20 bits per heavy atom. The molecule has 0 aliphatic carbocycles. The van der Waals surface area contributed by atoms with E-state index in [0.29, 0.717) is 6.54 Å². The summed E-state index contributed by atoms with van der Waals surface area (Å²) in [6.45, 7) is 12.3. The monoisotopic (exact) mass is 363 g/mol. The smallest absolute Gasteiger partial charge is 0.275 e. The number of thiocarbonyl (C=S) groups is 1. The van der Waals surface area contributed by atoms with E-state index in [4.69, 9.17) is 12.2 Å². The lowest BCUT2D eigenvalue weighted by Crippen LogP contribution is -3.16. The van der Waals surface area contributed by atoms with Gasteiger partial charge in [0.1, 0.15) is 0 Å². The molecule has 138 valence electrons. The quantitative estimate of drug-likeness (QED) is 0.700. The van der Waals surface area contributed by atoms with Crippen LogP contribution in [-0.2, 0) is 11.2 Å². The van der Waals surface area contributed by atoms with Crippen LogP contribution in [0.4, 0.5) is 5.69 Å². The van der Waals surface area contributed by atoms with E-state index in [0.717, 1.165) is 43.4 Å². The maximum atomic E-state index is 12.1. The molecule has 0 unspecified atom stereocenters. The van der Waals surface area contributed by atoms with Gasteiger partial charge >= 0.3 is 0 Å². The van der Waals surface area contributed by atoms with E-state index >= 15 is 0 Å². The van der Waals surface area contributed by atoms with Crippen molar-refractivity contribution in [3.63, 3.8) is 0 Å². The van der Waals surface area contributed by atoms with Crippen LogP contribution >= 0.6 is 12.2 Å². The summed E-state index contributed by atoms with van der Waals surface area (Å²) in [5.41, 5.74) is 2.18. The first kappa shape index (κ1) is 19.7. The van der Waals surface area contributed by atoms with Crippen molar-refractivity contribution in [2.45, 2.75) is 39.7 Å². The van der Waals surface area contributed by atoms with Gasteiger partial charge in [0.25, 0.3) is 5.91 Å². The van der Waals surface area contributed by atoms with Crippen LogP contribution in [0.1, 0.15) is 33.3 Å². The maximum absolute atomic E-state index is 12.1. The van der Waals surface area contributed by atoms with Gasteiger partial charge in [-0.25, -0.2) is 0 Å². The number of benzene rings is 1. The third kappa shape index (κ3) is 6.63. The number of aryl methyl sites for hydroxylation is 1. The summed E-state index contributed by atoms with van der Waals surface area (Å²) < 4.78 is 0. The zero-order chi connectivity index (χ0) is 18.4.